The molecule has 0 unspecified atom stereocenters. The molecule has 0 fully saturated rings. The summed E-state index contributed by atoms with van der Waals surface area (Å²) in [6, 6.07) is 9.21. The van der Waals surface area contributed by atoms with Crippen LogP contribution < -0.4 is 5.32 Å². The molecule has 0 heterocycles. The van der Waals surface area contributed by atoms with Crippen LogP contribution in [0.4, 0.5) is 0 Å². The zero-order chi connectivity index (χ0) is 12.0. The monoisotopic (exact) mass is 237 g/mol. The van der Waals surface area contributed by atoms with Crippen molar-refractivity contribution in [1.29, 1.82) is 0 Å². The third kappa shape index (κ3) is 4.18. The van der Waals surface area contributed by atoms with Crippen molar-refractivity contribution in [2.24, 2.45) is 0 Å². The van der Waals surface area contributed by atoms with E-state index in [-0.39, 0.29) is 17.5 Å². The summed E-state index contributed by atoms with van der Waals surface area (Å²) in [5.74, 6) is -1.09. The zero-order valence-electron chi connectivity index (χ0n) is 8.73. The summed E-state index contributed by atoms with van der Waals surface area (Å²) in [5, 5.41) is 2.20. The van der Waals surface area contributed by atoms with Crippen molar-refractivity contribution in [2.45, 2.75) is 13.5 Å². The smallest absolute Gasteiger partial charge is 0.366 e. The Morgan fingerprint density at radius 1 is 1.31 bits per heavy atom. The van der Waals surface area contributed by atoms with Crippen LogP contribution in [-0.2, 0) is 20.9 Å². The van der Waals surface area contributed by atoms with Crippen LogP contribution in [0.25, 0.3) is 0 Å². The van der Waals surface area contributed by atoms with E-state index < -0.39 is 5.97 Å². The number of thiocarbonyl (C=S) groups is 1. The highest BCUT2D eigenvalue weighted by Crippen LogP contribution is 2.00. The number of carbonyl (C=O) groups is 2. The van der Waals surface area contributed by atoms with Crippen LogP contribution in [0.2, 0.25) is 0 Å². The third-order valence-electron chi connectivity index (χ3n) is 1.69. The molecule has 4 nitrogen and oxygen atoms in total. The van der Waals surface area contributed by atoms with E-state index in [4.69, 9.17) is 4.74 Å². The molecule has 5 heteroatoms. The summed E-state index contributed by atoms with van der Waals surface area (Å²) in [5.41, 5.74) is 0.862. The number of benzene rings is 1. The van der Waals surface area contributed by atoms with Crippen molar-refractivity contribution < 1.29 is 14.3 Å². The molecule has 0 atom stereocenters. The van der Waals surface area contributed by atoms with Gasteiger partial charge in [-0.25, -0.2) is 4.79 Å². The predicted molar refractivity (Wildman–Crippen MR) is 62.7 cm³/mol. The maximum absolute atomic E-state index is 11.3. The zero-order valence-corrected chi connectivity index (χ0v) is 9.54. The van der Waals surface area contributed by atoms with E-state index >= 15 is 0 Å². The molecule has 84 valence electrons. The van der Waals surface area contributed by atoms with Gasteiger partial charge in [0.25, 0.3) is 0 Å². The van der Waals surface area contributed by atoms with E-state index in [1.54, 1.807) is 0 Å². The van der Waals surface area contributed by atoms with E-state index in [2.05, 4.69) is 17.5 Å². The van der Waals surface area contributed by atoms with Crippen LogP contribution >= 0.6 is 12.2 Å². The minimum Gasteiger partial charge on any atom is -0.456 e. The summed E-state index contributed by atoms with van der Waals surface area (Å²) in [6.07, 6.45) is 0. The maximum Gasteiger partial charge on any atom is 0.366 e. The second-order valence-corrected chi connectivity index (χ2v) is 3.48. The predicted octanol–water partition coefficient (Wildman–Crippen LogP) is 1.19. The van der Waals surface area contributed by atoms with Crippen molar-refractivity contribution in [2.75, 3.05) is 0 Å². The number of esters is 1. The van der Waals surface area contributed by atoms with E-state index in [1.807, 2.05) is 30.3 Å². The average molecular weight is 237 g/mol. The fourth-order valence-corrected chi connectivity index (χ4v) is 1.20. The minimum absolute atomic E-state index is 0.138. The van der Waals surface area contributed by atoms with E-state index in [0.29, 0.717) is 0 Å². The fraction of sp³-hybridized carbons (Fsp3) is 0.182. The average Bonchev–Trinajstić information content (AvgIpc) is 2.26. The first-order valence-electron chi connectivity index (χ1n) is 4.62. The molecule has 0 aliphatic rings. The molecule has 16 heavy (non-hydrogen) atoms. The van der Waals surface area contributed by atoms with Crippen molar-refractivity contribution in [3.8, 4) is 0 Å². The van der Waals surface area contributed by atoms with Gasteiger partial charge in [0.15, 0.2) is 4.99 Å². The Morgan fingerprint density at radius 3 is 2.50 bits per heavy atom. The van der Waals surface area contributed by atoms with Crippen LogP contribution in [0, 0.1) is 0 Å². The van der Waals surface area contributed by atoms with E-state index in [9.17, 15) is 9.59 Å². The van der Waals surface area contributed by atoms with Crippen LogP contribution in [0.15, 0.2) is 30.3 Å². The van der Waals surface area contributed by atoms with Gasteiger partial charge in [-0.2, -0.15) is 0 Å². The van der Waals surface area contributed by atoms with Gasteiger partial charge in [-0.3, -0.25) is 4.79 Å². The number of rotatable bonds is 2. The first-order chi connectivity index (χ1) is 7.59. The Labute approximate surface area is 98.6 Å². The Balaban J connectivity index is 2.41. The van der Waals surface area contributed by atoms with Crippen molar-refractivity contribution in [3.05, 3.63) is 35.9 Å². The molecule has 0 saturated carbocycles. The molecule has 1 amide bonds. The van der Waals surface area contributed by atoms with Crippen molar-refractivity contribution in [3.63, 3.8) is 0 Å². The van der Waals surface area contributed by atoms with Crippen molar-refractivity contribution in [1.82, 2.24) is 5.32 Å². The molecule has 0 bridgehead atoms. The van der Waals surface area contributed by atoms with Gasteiger partial charge in [-0.1, -0.05) is 42.5 Å². The Kier molecular flexibility index (Phi) is 4.60. The molecule has 0 radical (unpaired) electrons. The highest BCUT2D eigenvalue weighted by Gasteiger charge is 2.11. The molecular formula is C11H11NO3S. The quantitative estimate of drug-likeness (QED) is 0.620. The standard InChI is InChI=1S/C11H11NO3S/c1-8(13)12-10(16)11(14)15-7-9-5-3-2-4-6-9/h2-6H,7H2,1H3,(H,12,13,16). The van der Waals surface area contributed by atoms with Crippen LogP contribution in [0.5, 0.6) is 0 Å². The Hall–Kier alpha value is -1.75. The minimum atomic E-state index is -0.700. The van der Waals surface area contributed by atoms with Crippen LogP contribution in [0.1, 0.15) is 12.5 Å². The van der Waals surface area contributed by atoms with Gasteiger partial charge in [-0.05, 0) is 5.56 Å². The third-order valence-corrected chi connectivity index (χ3v) is 1.96. The molecule has 1 aromatic rings. The van der Waals surface area contributed by atoms with Gasteiger partial charge < -0.3 is 10.1 Å². The lowest BCUT2D eigenvalue weighted by molar-refractivity contribution is -0.137. The summed E-state index contributed by atoms with van der Waals surface area (Å²) in [7, 11) is 0. The molecular weight excluding hydrogens is 226 g/mol. The lowest BCUT2D eigenvalue weighted by atomic mass is 10.2. The molecule has 0 aromatic heterocycles. The molecule has 0 saturated heterocycles. The number of ether oxygens (including phenoxy) is 1. The lowest BCUT2D eigenvalue weighted by Gasteiger charge is -2.05. The molecule has 1 N–H and O–H groups in total. The van der Waals surface area contributed by atoms with E-state index in [0.717, 1.165) is 5.56 Å². The second-order valence-electron chi connectivity index (χ2n) is 3.07. The number of hydrogen-bond acceptors (Lipinski definition) is 4. The summed E-state index contributed by atoms with van der Waals surface area (Å²) >= 11 is 4.66. The van der Waals surface area contributed by atoms with Gasteiger partial charge in [0.1, 0.15) is 6.61 Å². The summed E-state index contributed by atoms with van der Waals surface area (Å²) < 4.78 is 4.90. The number of amides is 1. The molecule has 1 aromatic carbocycles. The Bertz CT molecular complexity index is 403. The van der Waals surface area contributed by atoms with Crippen LogP contribution in [0.3, 0.4) is 0 Å². The largest absolute Gasteiger partial charge is 0.456 e. The van der Waals surface area contributed by atoms with Gasteiger partial charge in [0, 0.05) is 6.92 Å². The molecule has 0 aliphatic heterocycles. The van der Waals surface area contributed by atoms with Crippen LogP contribution in [-0.4, -0.2) is 16.9 Å². The fourth-order valence-electron chi connectivity index (χ4n) is 1.000. The van der Waals surface area contributed by atoms with Gasteiger partial charge in [-0.15, -0.1) is 0 Å². The number of hydrogen-bond donors (Lipinski definition) is 1. The highest BCUT2D eigenvalue weighted by molar-refractivity contribution is 7.82. The normalized spacial score (nSPS) is 9.31. The highest BCUT2D eigenvalue weighted by atomic mass is 32.1. The number of carbonyl (C=O) groups excluding carboxylic acids is 2. The van der Waals surface area contributed by atoms with Gasteiger partial charge in [0.2, 0.25) is 5.91 Å². The molecule has 0 spiro atoms. The van der Waals surface area contributed by atoms with E-state index in [1.165, 1.54) is 6.92 Å². The molecule has 1 rings (SSSR count). The summed E-state index contributed by atoms with van der Waals surface area (Å²) in [4.78, 5) is 21.7. The SMILES string of the molecule is CC(=O)NC(=S)C(=O)OCc1ccccc1. The topological polar surface area (TPSA) is 55.4 Å². The van der Waals surface area contributed by atoms with Gasteiger partial charge >= 0.3 is 5.97 Å². The summed E-state index contributed by atoms with van der Waals surface area (Å²) in [6.45, 7) is 1.41. The van der Waals surface area contributed by atoms with Crippen molar-refractivity contribution >= 4 is 29.1 Å². The number of nitrogens with one attached hydrogen (secondary N) is 1. The first kappa shape index (κ1) is 12.3. The second kappa shape index (κ2) is 5.97. The lowest BCUT2D eigenvalue weighted by Crippen LogP contribution is -2.33. The Morgan fingerprint density at radius 2 is 1.94 bits per heavy atom. The maximum atomic E-state index is 11.3. The first-order valence-corrected chi connectivity index (χ1v) is 5.03. The molecule has 0 aliphatic carbocycles. The van der Waals surface area contributed by atoms with Gasteiger partial charge in [0.05, 0.1) is 0 Å².